The maximum absolute atomic E-state index is 12.6. The van der Waals surface area contributed by atoms with E-state index < -0.39 is 22.5 Å². The summed E-state index contributed by atoms with van der Waals surface area (Å²) in [6, 6.07) is 0.00881. The molecule has 0 amide bonds. The summed E-state index contributed by atoms with van der Waals surface area (Å²) in [5.74, 6) is -0.135. The summed E-state index contributed by atoms with van der Waals surface area (Å²) in [4.78, 5) is 33.4. The average molecular weight is 441 g/mol. The third-order valence-corrected chi connectivity index (χ3v) is 7.43. The van der Waals surface area contributed by atoms with Crippen LogP contribution >= 0.6 is 0 Å². The summed E-state index contributed by atoms with van der Waals surface area (Å²) >= 11 is 0. The summed E-state index contributed by atoms with van der Waals surface area (Å²) in [5, 5.41) is 0. The molecule has 3 heterocycles. The van der Waals surface area contributed by atoms with Crippen LogP contribution in [0.2, 0.25) is 0 Å². The van der Waals surface area contributed by atoms with Crippen LogP contribution in [0.25, 0.3) is 0 Å². The molecular formula is C20H32N4O5S. The van der Waals surface area contributed by atoms with Gasteiger partial charge >= 0.3 is 5.97 Å². The molecule has 10 heteroatoms. The zero-order valence-corrected chi connectivity index (χ0v) is 19.2. The summed E-state index contributed by atoms with van der Waals surface area (Å²) in [7, 11) is -1.17. The molecule has 0 aliphatic carbocycles. The second kappa shape index (κ2) is 8.76. The van der Waals surface area contributed by atoms with Gasteiger partial charge in [0.05, 0.1) is 41.6 Å². The molecule has 1 spiro atoms. The molecule has 30 heavy (non-hydrogen) atoms. The van der Waals surface area contributed by atoms with E-state index in [-0.39, 0.29) is 28.5 Å². The molecule has 9 nitrogen and oxygen atoms in total. The van der Waals surface area contributed by atoms with Crippen LogP contribution in [0.15, 0.2) is 4.79 Å². The van der Waals surface area contributed by atoms with Gasteiger partial charge in [-0.3, -0.25) is 4.79 Å². The zero-order valence-electron chi connectivity index (χ0n) is 18.4. The Morgan fingerprint density at radius 3 is 2.67 bits per heavy atom. The monoisotopic (exact) mass is 440 g/mol. The predicted molar refractivity (Wildman–Crippen MR) is 115 cm³/mol. The van der Waals surface area contributed by atoms with Crippen LogP contribution in [0, 0.1) is 12.3 Å². The summed E-state index contributed by atoms with van der Waals surface area (Å²) in [6.45, 7) is 11.8. The minimum atomic E-state index is -1.17. The van der Waals surface area contributed by atoms with Gasteiger partial charge in [-0.1, -0.05) is 0 Å². The topological polar surface area (TPSA) is 114 Å². The van der Waals surface area contributed by atoms with Gasteiger partial charge in [-0.15, -0.1) is 0 Å². The average Bonchev–Trinajstić information content (AvgIpc) is 3.05. The summed E-state index contributed by atoms with van der Waals surface area (Å²) in [5.41, 5.74) is -0.107. The molecular weight excluding hydrogens is 408 g/mol. The number of aromatic nitrogens is 2. The molecule has 0 bridgehead atoms. The Hall–Kier alpha value is -1.78. The molecule has 2 fully saturated rings. The van der Waals surface area contributed by atoms with E-state index in [1.165, 1.54) is 0 Å². The minimum Gasteiger partial charge on any atom is -0.461 e. The first kappa shape index (κ1) is 22.9. The van der Waals surface area contributed by atoms with E-state index in [0.29, 0.717) is 37.8 Å². The van der Waals surface area contributed by atoms with Gasteiger partial charge in [-0.05, 0) is 47.5 Å². The van der Waals surface area contributed by atoms with Crippen molar-refractivity contribution in [3.63, 3.8) is 0 Å². The number of carbonyl (C=O) groups is 1. The van der Waals surface area contributed by atoms with Crippen molar-refractivity contribution < 1.29 is 18.5 Å². The molecule has 2 unspecified atom stereocenters. The Morgan fingerprint density at radius 2 is 2.07 bits per heavy atom. The van der Waals surface area contributed by atoms with E-state index >= 15 is 0 Å². The quantitative estimate of drug-likeness (QED) is 0.663. The number of hydrogen-bond donors (Lipinski definition) is 2. The van der Waals surface area contributed by atoms with Gasteiger partial charge in [-0.2, -0.15) is 0 Å². The smallest absolute Gasteiger partial charge is 0.358 e. The molecule has 2 atom stereocenters. The van der Waals surface area contributed by atoms with E-state index in [2.05, 4.69) is 14.7 Å². The van der Waals surface area contributed by atoms with Gasteiger partial charge in [-0.25, -0.2) is 18.7 Å². The number of anilines is 1. The standard InChI is InChI=1S/C20H32N4O5S/c1-6-29-18(26)15-16(21-13(2)17(25)22-15)24-9-7-20(8-10-24)12-28-11-14(20)23-30(27)19(3,4)5/h14,23H,6-12H2,1-5H3,(H,22,25). The van der Waals surface area contributed by atoms with Crippen LogP contribution in [0.5, 0.6) is 0 Å². The SMILES string of the molecule is CCOC(=O)c1[nH]c(=O)c(C)nc1N1CCC2(CC1)COCC2NS(=O)C(C)(C)C. The van der Waals surface area contributed by atoms with Crippen LogP contribution < -0.4 is 15.2 Å². The molecule has 2 aliphatic heterocycles. The van der Waals surface area contributed by atoms with Crippen LogP contribution in [0.1, 0.15) is 56.7 Å². The van der Waals surface area contributed by atoms with E-state index in [4.69, 9.17) is 9.47 Å². The third kappa shape index (κ3) is 4.60. The van der Waals surface area contributed by atoms with Crippen molar-refractivity contribution >= 4 is 22.8 Å². The Balaban J connectivity index is 1.78. The number of nitrogens with one attached hydrogen (secondary N) is 2. The van der Waals surface area contributed by atoms with E-state index in [1.807, 2.05) is 25.7 Å². The molecule has 2 aliphatic rings. The number of aryl methyl sites for hydroxylation is 1. The highest BCUT2D eigenvalue weighted by atomic mass is 32.2. The lowest BCUT2D eigenvalue weighted by molar-refractivity contribution is 0.0519. The molecule has 2 N–H and O–H groups in total. The number of aromatic amines is 1. The van der Waals surface area contributed by atoms with Crippen LogP contribution in [0.4, 0.5) is 5.82 Å². The highest BCUT2D eigenvalue weighted by molar-refractivity contribution is 7.84. The molecule has 3 rings (SSSR count). The maximum atomic E-state index is 12.6. The number of esters is 1. The lowest BCUT2D eigenvalue weighted by atomic mass is 9.75. The molecule has 168 valence electrons. The van der Waals surface area contributed by atoms with E-state index in [9.17, 15) is 13.8 Å². The van der Waals surface area contributed by atoms with Gasteiger partial charge in [0, 0.05) is 18.5 Å². The predicted octanol–water partition coefficient (Wildman–Crippen LogP) is 1.29. The Morgan fingerprint density at radius 1 is 1.40 bits per heavy atom. The second-order valence-electron chi connectivity index (χ2n) is 8.99. The van der Waals surface area contributed by atoms with Crippen molar-refractivity contribution in [3.05, 3.63) is 21.7 Å². The van der Waals surface area contributed by atoms with Crippen LogP contribution in [-0.4, -0.2) is 63.8 Å². The molecule has 2 saturated heterocycles. The lowest BCUT2D eigenvalue weighted by Crippen LogP contribution is -2.53. The van der Waals surface area contributed by atoms with Gasteiger partial charge in [0.2, 0.25) is 0 Å². The number of piperidine rings is 1. The second-order valence-corrected chi connectivity index (χ2v) is 11.0. The van der Waals surface area contributed by atoms with Crippen molar-refractivity contribution in [2.75, 3.05) is 37.8 Å². The Kier molecular flexibility index (Phi) is 6.69. The molecule has 0 saturated carbocycles. The first-order valence-electron chi connectivity index (χ1n) is 10.4. The number of carbonyl (C=O) groups excluding carboxylic acids is 1. The molecule has 0 radical (unpaired) electrons. The first-order chi connectivity index (χ1) is 14.1. The van der Waals surface area contributed by atoms with Crippen LogP contribution in [-0.2, 0) is 20.5 Å². The highest BCUT2D eigenvalue weighted by Gasteiger charge is 2.47. The van der Waals surface area contributed by atoms with Gasteiger partial charge < -0.3 is 19.4 Å². The van der Waals surface area contributed by atoms with Crippen LogP contribution in [0.3, 0.4) is 0 Å². The fraction of sp³-hybridized carbons (Fsp3) is 0.750. The molecule has 0 aromatic carbocycles. The maximum Gasteiger partial charge on any atom is 0.358 e. The van der Waals surface area contributed by atoms with Gasteiger partial charge in [0.15, 0.2) is 11.5 Å². The zero-order chi connectivity index (χ0) is 22.1. The number of H-pyrrole nitrogens is 1. The minimum absolute atomic E-state index is 0.00881. The van der Waals surface area contributed by atoms with Crippen molar-refractivity contribution in [2.45, 2.75) is 58.2 Å². The van der Waals surface area contributed by atoms with Gasteiger partial charge in [0.1, 0.15) is 5.69 Å². The van der Waals surface area contributed by atoms with Crippen molar-refractivity contribution in [1.29, 1.82) is 0 Å². The lowest BCUT2D eigenvalue weighted by Gasteiger charge is -2.43. The molecule has 1 aromatic heterocycles. The highest BCUT2D eigenvalue weighted by Crippen LogP contribution is 2.41. The number of hydrogen-bond acceptors (Lipinski definition) is 7. The van der Waals surface area contributed by atoms with Crippen molar-refractivity contribution in [3.8, 4) is 0 Å². The van der Waals surface area contributed by atoms with Crippen molar-refractivity contribution in [2.24, 2.45) is 5.41 Å². The van der Waals surface area contributed by atoms with E-state index in [0.717, 1.165) is 12.8 Å². The Bertz CT molecular complexity index is 871. The fourth-order valence-electron chi connectivity index (χ4n) is 3.88. The normalized spacial score (nSPS) is 22.3. The first-order valence-corrected chi connectivity index (χ1v) is 11.5. The van der Waals surface area contributed by atoms with Crippen molar-refractivity contribution in [1.82, 2.24) is 14.7 Å². The van der Waals surface area contributed by atoms with E-state index in [1.54, 1.807) is 13.8 Å². The largest absolute Gasteiger partial charge is 0.461 e. The van der Waals surface area contributed by atoms with Gasteiger partial charge in [0.25, 0.3) is 5.56 Å². The summed E-state index contributed by atoms with van der Waals surface area (Å²) < 4.78 is 26.4. The molecule has 1 aromatic rings. The number of ether oxygens (including phenoxy) is 2. The number of rotatable bonds is 5. The third-order valence-electron chi connectivity index (χ3n) is 5.82. The summed E-state index contributed by atoms with van der Waals surface area (Å²) in [6.07, 6.45) is 1.60. The number of nitrogens with zero attached hydrogens (tertiary/aromatic N) is 2. The fourth-order valence-corrected chi connectivity index (χ4v) is 4.81. The Labute approximate surface area is 179 Å².